The van der Waals surface area contributed by atoms with Gasteiger partial charge < -0.3 is 9.64 Å². The fraction of sp³-hybridized carbons (Fsp3) is 0.364. The monoisotopic (exact) mass is 501 g/mol. The lowest BCUT2D eigenvalue weighted by Gasteiger charge is -2.24. The van der Waals surface area contributed by atoms with Gasteiger partial charge in [0.2, 0.25) is 0 Å². The smallest absolute Gasteiger partial charge is 0.260 e. The summed E-state index contributed by atoms with van der Waals surface area (Å²) in [6.45, 7) is 9.86. The second-order valence-electron chi connectivity index (χ2n) is 6.70. The molecule has 0 bridgehead atoms. The highest BCUT2D eigenvalue weighted by Gasteiger charge is 2.23. The Bertz CT molecular complexity index is 1000. The third kappa shape index (κ3) is 6.46. The standard InChI is InChI=1S/C22H25Cl2N3O2S.ClH/c1-4-26(5-2)9-10-27(21(28)15-11-16(23)13-17(24)12-15)22-25-19-8-7-18(29-6-3)14-20(19)30-22;/h7-8,11-14H,4-6,9-10H2,1-3H3;1H. The molecule has 0 aliphatic carbocycles. The van der Waals surface area contributed by atoms with Gasteiger partial charge in [0.15, 0.2) is 5.13 Å². The molecular formula is C22H26Cl3N3O2S. The van der Waals surface area contributed by atoms with E-state index in [-0.39, 0.29) is 18.3 Å². The van der Waals surface area contributed by atoms with Crippen LogP contribution in [0.2, 0.25) is 10.0 Å². The Morgan fingerprint density at radius 3 is 2.32 bits per heavy atom. The lowest BCUT2D eigenvalue weighted by molar-refractivity contribution is 0.0984. The van der Waals surface area contributed by atoms with Crippen molar-refractivity contribution < 1.29 is 9.53 Å². The third-order valence-corrected chi connectivity index (χ3v) is 6.26. The van der Waals surface area contributed by atoms with E-state index in [0.29, 0.717) is 33.9 Å². The molecule has 0 unspecified atom stereocenters. The highest BCUT2D eigenvalue weighted by molar-refractivity contribution is 7.22. The molecule has 0 radical (unpaired) electrons. The number of amides is 1. The van der Waals surface area contributed by atoms with Crippen molar-refractivity contribution in [3.05, 3.63) is 52.0 Å². The van der Waals surface area contributed by atoms with Crippen LogP contribution in [0.4, 0.5) is 5.13 Å². The van der Waals surface area contributed by atoms with Crippen LogP contribution in [0.25, 0.3) is 10.2 Å². The number of likely N-dealkylation sites (N-methyl/N-ethyl adjacent to an activating group) is 1. The molecule has 0 fully saturated rings. The van der Waals surface area contributed by atoms with Crippen molar-refractivity contribution in [1.29, 1.82) is 0 Å². The number of aromatic nitrogens is 1. The van der Waals surface area contributed by atoms with Crippen LogP contribution in [0.3, 0.4) is 0 Å². The first kappa shape index (κ1) is 25.7. The number of benzene rings is 2. The molecule has 168 valence electrons. The highest BCUT2D eigenvalue weighted by Crippen LogP contribution is 2.32. The summed E-state index contributed by atoms with van der Waals surface area (Å²) < 4.78 is 6.57. The molecule has 31 heavy (non-hydrogen) atoms. The minimum Gasteiger partial charge on any atom is -0.494 e. The van der Waals surface area contributed by atoms with Gasteiger partial charge in [-0.25, -0.2) is 4.98 Å². The van der Waals surface area contributed by atoms with Crippen LogP contribution in [-0.2, 0) is 0 Å². The molecule has 5 nitrogen and oxygen atoms in total. The number of carbonyl (C=O) groups is 1. The molecule has 3 aromatic rings. The summed E-state index contributed by atoms with van der Waals surface area (Å²) >= 11 is 13.7. The van der Waals surface area contributed by atoms with E-state index >= 15 is 0 Å². The van der Waals surface area contributed by atoms with Crippen LogP contribution >= 0.6 is 46.9 Å². The van der Waals surface area contributed by atoms with Crippen molar-refractivity contribution >= 4 is 68.2 Å². The average Bonchev–Trinajstić information content (AvgIpc) is 3.13. The normalized spacial score (nSPS) is 10.9. The van der Waals surface area contributed by atoms with Gasteiger partial charge in [-0.05, 0) is 56.4 Å². The summed E-state index contributed by atoms with van der Waals surface area (Å²) in [5.74, 6) is 0.624. The molecule has 0 aliphatic rings. The maximum absolute atomic E-state index is 13.4. The molecule has 0 N–H and O–H groups in total. The van der Waals surface area contributed by atoms with E-state index in [4.69, 9.17) is 32.9 Å². The Labute approximate surface area is 203 Å². The minimum absolute atomic E-state index is 0. The van der Waals surface area contributed by atoms with Gasteiger partial charge in [-0.15, -0.1) is 12.4 Å². The number of hydrogen-bond donors (Lipinski definition) is 0. The van der Waals surface area contributed by atoms with Crippen LogP contribution in [0.15, 0.2) is 36.4 Å². The Balaban J connectivity index is 0.00000341. The van der Waals surface area contributed by atoms with Crippen LogP contribution in [0.5, 0.6) is 5.75 Å². The summed E-state index contributed by atoms with van der Waals surface area (Å²) in [5, 5.41) is 1.51. The number of hydrogen-bond acceptors (Lipinski definition) is 5. The minimum atomic E-state index is -0.171. The number of thiazole rings is 1. The summed E-state index contributed by atoms with van der Waals surface area (Å²) in [4.78, 5) is 22.1. The molecule has 1 aromatic heterocycles. The number of ether oxygens (including phenoxy) is 1. The quantitative estimate of drug-likeness (QED) is 0.339. The van der Waals surface area contributed by atoms with Gasteiger partial charge in [-0.2, -0.15) is 0 Å². The van der Waals surface area contributed by atoms with Gasteiger partial charge in [0.1, 0.15) is 5.75 Å². The fourth-order valence-electron chi connectivity index (χ4n) is 3.16. The predicted octanol–water partition coefficient (Wildman–Crippen LogP) is 6.41. The molecule has 0 saturated heterocycles. The number of fused-ring (bicyclic) bond motifs is 1. The van der Waals surface area contributed by atoms with E-state index in [1.54, 1.807) is 23.1 Å². The van der Waals surface area contributed by atoms with E-state index in [0.717, 1.165) is 35.6 Å². The van der Waals surface area contributed by atoms with E-state index in [1.165, 1.54) is 11.3 Å². The van der Waals surface area contributed by atoms with Crippen LogP contribution in [0, 0.1) is 0 Å². The summed E-state index contributed by atoms with van der Waals surface area (Å²) in [7, 11) is 0. The van der Waals surface area contributed by atoms with Crippen molar-refractivity contribution in [2.75, 3.05) is 37.7 Å². The first-order valence-corrected chi connectivity index (χ1v) is 11.6. The fourth-order valence-corrected chi connectivity index (χ4v) is 4.71. The number of rotatable bonds is 9. The highest BCUT2D eigenvalue weighted by atomic mass is 35.5. The van der Waals surface area contributed by atoms with Gasteiger partial charge in [0.05, 0.1) is 16.8 Å². The predicted molar refractivity (Wildman–Crippen MR) is 134 cm³/mol. The second-order valence-corrected chi connectivity index (χ2v) is 8.58. The molecular weight excluding hydrogens is 477 g/mol. The number of carbonyl (C=O) groups excluding carboxylic acids is 1. The number of halogens is 3. The van der Waals surface area contributed by atoms with E-state index < -0.39 is 0 Å². The number of anilines is 1. The van der Waals surface area contributed by atoms with Crippen molar-refractivity contribution in [2.45, 2.75) is 20.8 Å². The maximum Gasteiger partial charge on any atom is 0.260 e. The van der Waals surface area contributed by atoms with Crippen molar-refractivity contribution in [2.24, 2.45) is 0 Å². The lowest BCUT2D eigenvalue weighted by atomic mass is 10.2. The van der Waals surface area contributed by atoms with E-state index in [2.05, 4.69) is 18.7 Å². The van der Waals surface area contributed by atoms with E-state index in [1.807, 2.05) is 25.1 Å². The summed E-state index contributed by atoms with van der Waals surface area (Å²) in [6.07, 6.45) is 0. The van der Waals surface area contributed by atoms with Gasteiger partial charge in [0, 0.05) is 28.7 Å². The Morgan fingerprint density at radius 2 is 1.71 bits per heavy atom. The zero-order valence-corrected chi connectivity index (χ0v) is 20.9. The van der Waals surface area contributed by atoms with Gasteiger partial charge in [-0.1, -0.05) is 48.4 Å². The summed E-state index contributed by atoms with van der Waals surface area (Å²) in [6, 6.07) is 10.7. The van der Waals surface area contributed by atoms with Crippen molar-refractivity contribution in [3.63, 3.8) is 0 Å². The Morgan fingerprint density at radius 1 is 1.03 bits per heavy atom. The van der Waals surface area contributed by atoms with Crippen LogP contribution in [0.1, 0.15) is 31.1 Å². The zero-order valence-electron chi connectivity index (χ0n) is 17.7. The first-order valence-electron chi connectivity index (χ1n) is 9.98. The van der Waals surface area contributed by atoms with Crippen molar-refractivity contribution in [1.82, 2.24) is 9.88 Å². The Hall–Kier alpha value is -1.57. The SMILES string of the molecule is CCOc1ccc2nc(N(CCN(CC)CC)C(=O)c3cc(Cl)cc(Cl)c3)sc2c1.Cl. The number of nitrogens with zero attached hydrogens (tertiary/aromatic N) is 3. The topological polar surface area (TPSA) is 45.7 Å². The molecule has 1 amide bonds. The average molecular weight is 503 g/mol. The molecule has 3 rings (SSSR count). The first-order chi connectivity index (χ1) is 14.4. The Kier molecular flexibility index (Phi) is 9.85. The van der Waals surface area contributed by atoms with Gasteiger partial charge in [-0.3, -0.25) is 9.69 Å². The van der Waals surface area contributed by atoms with Crippen LogP contribution in [-0.4, -0.2) is 48.6 Å². The molecule has 0 atom stereocenters. The zero-order chi connectivity index (χ0) is 21.7. The molecule has 0 saturated carbocycles. The van der Waals surface area contributed by atoms with Crippen LogP contribution < -0.4 is 9.64 Å². The van der Waals surface area contributed by atoms with Gasteiger partial charge >= 0.3 is 0 Å². The largest absolute Gasteiger partial charge is 0.494 e. The maximum atomic E-state index is 13.4. The summed E-state index contributed by atoms with van der Waals surface area (Å²) in [5.41, 5.74) is 1.28. The van der Waals surface area contributed by atoms with Gasteiger partial charge in [0.25, 0.3) is 5.91 Å². The molecule has 1 heterocycles. The molecule has 9 heteroatoms. The second kappa shape index (κ2) is 11.9. The lowest BCUT2D eigenvalue weighted by Crippen LogP contribution is -2.38. The van der Waals surface area contributed by atoms with Crippen molar-refractivity contribution in [3.8, 4) is 5.75 Å². The van der Waals surface area contributed by atoms with E-state index in [9.17, 15) is 4.79 Å². The molecule has 0 aliphatic heterocycles. The third-order valence-electron chi connectivity index (χ3n) is 4.78. The molecule has 0 spiro atoms. The molecule has 2 aromatic carbocycles.